The molecule has 0 radical (unpaired) electrons. The maximum atomic E-state index is 6.16. The lowest BCUT2D eigenvalue weighted by Gasteiger charge is -2.22. The van der Waals surface area contributed by atoms with Crippen molar-refractivity contribution in [2.75, 3.05) is 6.54 Å². The molecule has 1 fully saturated rings. The largest absolute Gasteiger partial charge is 0.487 e. The third kappa shape index (κ3) is 1.61. The third-order valence-electron chi connectivity index (χ3n) is 3.91. The van der Waals surface area contributed by atoms with Gasteiger partial charge in [0.25, 0.3) is 0 Å². The van der Waals surface area contributed by atoms with Crippen LogP contribution >= 0.6 is 0 Å². The molecule has 2 heteroatoms. The molecule has 1 aromatic rings. The number of fused-ring (bicyclic) bond motifs is 1. The second-order valence-corrected chi connectivity index (χ2v) is 5.15. The molecule has 1 heterocycles. The summed E-state index contributed by atoms with van der Waals surface area (Å²) >= 11 is 0. The first-order chi connectivity index (χ1) is 7.81. The van der Waals surface area contributed by atoms with Gasteiger partial charge in [0.15, 0.2) is 0 Å². The van der Waals surface area contributed by atoms with Gasteiger partial charge in [0.05, 0.1) is 0 Å². The van der Waals surface area contributed by atoms with Crippen molar-refractivity contribution in [2.45, 2.75) is 44.1 Å². The average Bonchev–Trinajstić information content (AvgIpc) is 2.85. The molecule has 3 rings (SSSR count). The number of ether oxygens (including phenoxy) is 1. The Kier molecular flexibility index (Phi) is 2.40. The predicted molar refractivity (Wildman–Crippen MR) is 64.7 cm³/mol. The van der Waals surface area contributed by atoms with Crippen molar-refractivity contribution in [3.63, 3.8) is 0 Å². The molecule has 1 aliphatic heterocycles. The number of nitrogens with two attached hydrogens (primary N) is 1. The molecular formula is C14H19NO. The normalized spacial score (nSPS) is 21.1. The van der Waals surface area contributed by atoms with Crippen molar-refractivity contribution >= 4 is 0 Å². The summed E-state index contributed by atoms with van der Waals surface area (Å²) < 4.78 is 6.16. The van der Waals surface area contributed by atoms with Crippen molar-refractivity contribution in [3.05, 3.63) is 29.3 Å². The van der Waals surface area contributed by atoms with Crippen LogP contribution in [0.4, 0.5) is 0 Å². The monoisotopic (exact) mass is 217 g/mol. The van der Waals surface area contributed by atoms with Crippen LogP contribution in [0.5, 0.6) is 5.75 Å². The van der Waals surface area contributed by atoms with Gasteiger partial charge in [-0.3, -0.25) is 0 Å². The first-order valence-electron chi connectivity index (χ1n) is 6.32. The minimum atomic E-state index is 0.156. The Morgan fingerprint density at radius 2 is 2.06 bits per heavy atom. The summed E-state index contributed by atoms with van der Waals surface area (Å²) in [6.45, 7) is 0.727. The van der Waals surface area contributed by atoms with Crippen molar-refractivity contribution in [1.82, 2.24) is 0 Å². The summed E-state index contributed by atoms with van der Waals surface area (Å²) in [4.78, 5) is 0. The molecule has 16 heavy (non-hydrogen) atoms. The molecule has 2 nitrogen and oxygen atoms in total. The van der Waals surface area contributed by atoms with E-state index in [9.17, 15) is 0 Å². The smallest absolute Gasteiger partial charge is 0.123 e. The lowest BCUT2D eigenvalue weighted by atomic mass is 9.94. The SMILES string of the molecule is NCCc1ccc2c(c1)CC1(CCCC1)O2. The van der Waals surface area contributed by atoms with E-state index in [1.807, 2.05) is 0 Å². The van der Waals surface area contributed by atoms with Crippen molar-refractivity contribution < 1.29 is 4.74 Å². The Morgan fingerprint density at radius 1 is 1.25 bits per heavy atom. The van der Waals surface area contributed by atoms with Crippen LogP contribution in [0.15, 0.2) is 18.2 Å². The van der Waals surface area contributed by atoms with Gasteiger partial charge >= 0.3 is 0 Å². The number of hydrogen-bond donors (Lipinski definition) is 1. The molecule has 1 aliphatic carbocycles. The van der Waals surface area contributed by atoms with Gasteiger partial charge in [0, 0.05) is 6.42 Å². The van der Waals surface area contributed by atoms with Crippen LogP contribution in [0, 0.1) is 0 Å². The van der Waals surface area contributed by atoms with E-state index in [1.165, 1.54) is 36.8 Å². The standard InChI is InChI=1S/C14H19NO/c15-8-5-11-3-4-13-12(9-11)10-14(16-13)6-1-2-7-14/h3-4,9H,1-2,5-8,10,15H2. The first-order valence-corrected chi connectivity index (χ1v) is 6.32. The second kappa shape index (κ2) is 3.77. The lowest BCUT2D eigenvalue weighted by Crippen LogP contribution is -2.29. The van der Waals surface area contributed by atoms with E-state index >= 15 is 0 Å². The molecule has 0 aromatic heterocycles. The van der Waals surface area contributed by atoms with Crippen LogP contribution < -0.4 is 10.5 Å². The summed E-state index contributed by atoms with van der Waals surface area (Å²) in [5.74, 6) is 1.11. The van der Waals surface area contributed by atoms with Gasteiger partial charge in [-0.15, -0.1) is 0 Å². The molecule has 1 spiro atoms. The molecular weight excluding hydrogens is 198 g/mol. The van der Waals surface area contributed by atoms with E-state index in [0.29, 0.717) is 0 Å². The third-order valence-corrected chi connectivity index (χ3v) is 3.91. The molecule has 0 saturated heterocycles. The van der Waals surface area contributed by atoms with E-state index in [4.69, 9.17) is 10.5 Å². The van der Waals surface area contributed by atoms with Gasteiger partial charge in [-0.25, -0.2) is 0 Å². The summed E-state index contributed by atoms with van der Waals surface area (Å²) in [6, 6.07) is 6.57. The minimum absolute atomic E-state index is 0.156. The van der Waals surface area contributed by atoms with E-state index in [0.717, 1.165) is 25.1 Å². The summed E-state index contributed by atoms with van der Waals surface area (Å²) in [6.07, 6.45) is 7.19. The Morgan fingerprint density at radius 3 is 2.81 bits per heavy atom. The maximum absolute atomic E-state index is 6.16. The zero-order valence-corrected chi connectivity index (χ0v) is 9.67. The molecule has 1 aromatic carbocycles. The highest BCUT2D eigenvalue weighted by molar-refractivity contribution is 5.42. The van der Waals surface area contributed by atoms with Gasteiger partial charge in [-0.1, -0.05) is 12.1 Å². The molecule has 0 bridgehead atoms. The second-order valence-electron chi connectivity index (χ2n) is 5.15. The Balaban J connectivity index is 1.86. The van der Waals surface area contributed by atoms with E-state index < -0.39 is 0 Å². The summed E-state index contributed by atoms with van der Waals surface area (Å²) in [5.41, 5.74) is 8.49. The van der Waals surface area contributed by atoms with Gasteiger partial charge in [0.2, 0.25) is 0 Å². The van der Waals surface area contributed by atoms with Crippen molar-refractivity contribution in [3.8, 4) is 5.75 Å². The summed E-state index contributed by atoms with van der Waals surface area (Å²) in [7, 11) is 0. The fraction of sp³-hybridized carbons (Fsp3) is 0.571. The quantitative estimate of drug-likeness (QED) is 0.825. The number of rotatable bonds is 2. The minimum Gasteiger partial charge on any atom is -0.487 e. The van der Waals surface area contributed by atoms with Crippen LogP contribution in [0.1, 0.15) is 36.8 Å². The lowest BCUT2D eigenvalue weighted by molar-refractivity contribution is 0.103. The van der Waals surface area contributed by atoms with E-state index in [1.54, 1.807) is 0 Å². The number of hydrogen-bond acceptors (Lipinski definition) is 2. The van der Waals surface area contributed by atoms with E-state index in [-0.39, 0.29) is 5.60 Å². The van der Waals surface area contributed by atoms with Gasteiger partial charge in [0.1, 0.15) is 11.4 Å². The van der Waals surface area contributed by atoms with Crippen molar-refractivity contribution in [2.24, 2.45) is 5.73 Å². The topological polar surface area (TPSA) is 35.2 Å². The van der Waals surface area contributed by atoms with Crippen molar-refractivity contribution in [1.29, 1.82) is 0 Å². The molecule has 0 unspecified atom stereocenters. The highest BCUT2D eigenvalue weighted by atomic mass is 16.5. The van der Waals surface area contributed by atoms with Gasteiger partial charge in [-0.05, 0) is 55.8 Å². The highest BCUT2D eigenvalue weighted by Gasteiger charge is 2.41. The Bertz CT molecular complexity index is 394. The zero-order chi connectivity index (χ0) is 11.0. The molecule has 86 valence electrons. The molecule has 0 atom stereocenters. The molecule has 1 saturated carbocycles. The fourth-order valence-electron chi connectivity index (χ4n) is 3.11. The molecule has 0 amide bonds. The molecule has 2 aliphatic rings. The highest BCUT2D eigenvalue weighted by Crippen LogP contribution is 2.44. The number of benzene rings is 1. The Labute approximate surface area is 96.8 Å². The fourth-order valence-corrected chi connectivity index (χ4v) is 3.11. The summed E-state index contributed by atoms with van der Waals surface area (Å²) in [5, 5.41) is 0. The van der Waals surface area contributed by atoms with Crippen LogP contribution in [-0.2, 0) is 12.8 Å². The predicted octanol–water partition coefficient (Wildman–Crippen LogP) is 2.44. The zero-order valence-electron chi connectivity index (χ0n) is 9.67. The molecule has 2 N–H and O–H groups in total. The maximum Gasteiger partial charge on any atom is 0.123 e. The van der Waals surface area contributed by atoms with Crippen LogP contribution in [0.3, 0.4) is 0 Å². The Hall–Kier alpha value is -1.02. The first kappa shape index (κ1) is 10.2. The van der Waals surface area contributed by atoms with Crippen LogP contribution in [-0.4, -0.2) is 12.1 Å². The van der Waals surface area contributed by atoms with Gasteiger partial charge in [-0.2, -0.15) is 0 Å². The van der Waals surface area contributed by atoms with Crippen LogP contribution in [0.25, 0.3) is 0 Å². The van der Waals surface area contributed by atoms with E-state index in [2.05, 4.69) is 18.2 Å². The van der Waals surface area contributed by atoms with Crippen LogP contribution in [0.2, 0.25) is 0 Å². The average molecular weight is 217 g/mol. The van der Waals surface area contributed by atoms with Gasteiger partial charge < -0.3 is 10.5 Å².